The predicted octanol–water partition coefficient (Wildman–Crippen LogP) is 3.64. The van der Waals surface area contributed by atoms with Crippen LogP contribution in [0, 0.1) is 0 Å². The van der Waals surface area contributed by atoms with Gasteiger partial charge in [0.25, 0.3) is 0 Å². The van der Waals surface area contributed by atoms with Crippen LogP contribution in [0.4, 0.5) is 5.69 Å². The summed E-state index contributed by atoms with van der Waals surface area (Å²) >= 11 is 0. The number of fused-ring (bicyclic) bond motifs is 1. The van der Waals surface area contributed by atoms with Crippen LogP contribution in [0.3, 0.4) is 0 Å². The Hall–Kier alpha value is -2.13. The molecule has 3 rings (SSSR count). The van der Waals surface area contributed by atoms with Gasteiger partial charge in [-0.3, -0.25) is 9.69 Å². The molecule has 3 heteroatoms. The Morgan fingerprint density at radius 2 is 1.87 bits per heavy atom. The van der Waals surface area contributed by atoms with Gasteiger partial charge in [0.2, 0.25) is 5.91 Å². The Morgan fingerprint density at radius 1 is 1.04 bits per heavy atom. The number of hydrogen-bond donors (Lipinski definition) is 1. The van der Waals surface area contributed by atoms with Gasteiger partial charge >= 0.3 is 0 Å². The van der Waals surface area contributed by atoms with Gasteiger partial charge in [0.05, 0.1) is 6.42 Å². The van der Waals surface area contributed by atoms with Crippen molar-refractivity contribution in [2.75, 3.05) is 18.4 Å². The molecule has 0 spiro atoms. The lowest BCUT2D eigenvalue weighted by molar-refractivity contribution is -0.115. The molecule has 0 aliphatic carbocycles. The van der Waals surface area contributed by atoms with Crippen molar-refractivity contribution in [2.45, 2.75) is 32.7 Å². The van der Waals surface area contributed by atoms with Gasteiger partial charge in [-0.1, -0.05) is 49.4 Å². The number of carbonyl (C=O) groups excluding carboxylic acids is 1. The van der Waals surface area contributed by atoms with Gasteiger partial charge in [0.1, 0.15) is 0 Å². The third-order valence-corrected chi connectivity index (χ3v) is 4.37. The van der Waals surface area contributed by atoms with Gasteiger partial charge < -0.3 is 5.32 Å². The molecule has 0 atom stereocenters. The molecule has 1 N–H and O–H groups in total. The molecule has 2 aromatic rings. The van der Waals surface area contributed by atoms with Gasteiger partial charge in [-0.25, -0.2) is 0 Å². The molecule has 120 valence electrons. The van der Waals surface area contributed by atoms with E-state index in [0.29, 0.717) is 6.42 Å². The predicted molar refractivity (Wildman–Crippen MR) is 94.5 cm³/mol. The molecular weight excluding hydrogens is 284 g/mol. The fourth-order valence-corrected chi connectivity index (χ4v) is 3.26. The summed E-state index contributed by atoms with van der Waals surface area (Å²) < 4.78 is 0. The van der Waals surface area contributed by atoms with E-state index in [1.54, 1.807) is 0 Å². The van der Waals surface area contributed by atoms with E-state index in [1.165, 1.54) is 16.7 Å². The molecule has 2 aromatic carbocycles. The number of anilines is 1. The third-order valence-electron chi connectivity index (χ3n) is 4.37. The van der Waals surface area contributed by atoms with E-state index in [9.17, 15) is 4.79 Å². The molecule has 1 amide bonds. The summed E-state index contributed by atoms with van der Waals surface area (Å²) in [4.78, 5) is 14.1. The number of rotatable bonds is 7. The van der Waals surface area contributed by atoms with Gasteiger partial charge in [0.15, 0.2) is 0 Å². The summed E-state index contributed by atoms with van der Waals surface area (Å²) in [5.41, 5.74) is 4.84. The van der Waals surface area contributed by atoms with Crippen LogP contribution in [0.1, 0.15) is 30.0 Å². The number of hydrogen-bond acceptors (Lipinski definition) is 2. The normalized spacial score (nSPS) is 13.2. The first kappa shape index (κ1) is 15.8. The summed E-state index contributed by atoms with van der Waals surface area (Å²) in [6.07, 6.45) is 2.67. The van der Waals surface area contributed by atoms with Crippen LogP contribution >= 0.6 is 0 Å². The van der Waals surface area contributed by atoms with Crippen molar-refractivity contribution < 1.29 is 4.79 Å². The van der Waals surface area contributed by atoms with Crippen molar-refractivity contribution in [1.82, 2.24) is 4.90 Å². The fourth-order valence-electron chi connectivity index (χ4n) is 3.26. The van der Waals surface area contributed by atoms with Crippen molar-refractivity contribution in [3.8, 4) is 0 Å². The lowest BCUT2D eigenvalue weighted by Gasteiger charge is -2.22. The molecule has 0 unspecified atom stereocenters. The lowest BCUT2D eigenvalue weighted by atomic mass is 10.0. The van der Waals surface area contributed by atoms with Crippen LogP contribution in [-0.4, -0.2) is 23.9 Å². The highest BCUT2D eigenvalue weighted by atomic mass is 16.1. The summed E-state index contributed by atoms with van der Waals surface area (Å²) in [5.74, 6) is 0.113. The van der Waals surface area contributed by atoms with E-state index in [0.717, 1.165) is 38.2 Å². The number of carbonyl (C=O) groups is 1. The van der Waals surface area contributed by atoms with E-state index < -0.39 is 0 Å². The standard InChI is InChI=1S/C20H24N2O/c1-2-12-22(15-16-7-4-3-5-8-16)13-11-17-9-6-10-19-18(17)14-20(23)21-19/h3-10H,2,11-15H2,1H3,(H,21,23). The Bertz CT molecular complexity index is 667. The highest BCUT2D eigenvalue weighted by Crippen LogP contribution is 2.26. The van der Waals surface area contributed by atoms with Gasteiger partial charge in [-0.15, -0.1) is 0 Å². The van der Waals surface area contributed by atoms with Crippen molar-refractivity contribution in [2.24, 2.45) is 0 Å². The van der Waals surface area contributed by atoms with Crippen molar-refractivity contribution in [3.63, 3.8) is 0 Å². The van der Waals surface area contributed by atoms with E-state index >= 15 is 0 Å². The number of nitrogens with zero attached hydrogens (tertiary/aromatic N) is 1. The topological polar surface area (TPSA) is 32.3 Å². The molecule has 0 radical (unpaired) electrons. The average Bonchev–Trinajstić information content (AvgIpc) is 2.94. The summed E-state index contributed by atoms with van der Waals surface area (Å²) in [7, 11) is 0. The van der Waals surface area contributed by atoms with Crippen LogP contribution in [0.5, 0.6) is 0 Å². The minimum Gasteiger partial charge on any atom is -0.326 e. The smallest absolute Gasteiger partial charge is 0.228 e. The lowest BCUT2D eigenvalue weighted by Crippen LogP contribution is -2.26. The van der Waals surface area contributed by atoms with E-state index in [4.69, 9.17) is 0 Å². The second-order valence-electron chi connectivity index (χ2n) is 6.18. The number of nitrogens with one attached hydrogen (secondary N) is 1. The highest BCUT2D eigenvalue weighted by molar-refractivity contribution is 5.99. The minimum atomic E-state index is 0.113. The quantitative estimate of drug-likeness (QED) is 0.847. The Morgan fingerprint density at radius 3 is 2.65 bits per heavy atom. The highest BCUT2D eigenvalue weighted by Gasteiger charge is 2.20. The molecule has 1 heterocycles. The minimum absolute atomic E-state index is 0.113. The largest absolute Gasteiger partial charge is 0.326 e. The van der Waals surface area contributed by atoms with E-state index in [-0.39, 0.29) is 5.91 Å². The SMILES string of the molecule is CCCN(CCc1cccc2c1CC(=O)N2)Cc1ccccc1. The van der Waals surface area contributed by atoms with E-state index in [2.05, 4.69) is 53.5 Å². The second-order valence-corrected chi connectivity index (χ2v) is 6.18. The third kappa shape index (κ3) is 3.99. The zero-order valence-electron chi connectivity index (χ0n) is 13.7. The number of benzene rings is 2. The Labute approximate surface area is 138 Å². The molecule has 3 nitrogen and oxygen atoms in total. The summed E-state index contributed by atoms with van der Waals surface area (Å²) in [6, 6.07) is 16.8. The monoisotopic (exact) mass is 308 g/mol. The molecule has 0 fully saturated rings. The zero-order valence-corrected chi connectivity index (χ0v) is 13.7. The van der Waals surface area contributed by atoms with Crippen LogP contribution in [0.15, 0.2) is 48.5 Å². The van der Waals surface area contributed by atoms with Gasteiger partial charge in [-0.05, 0) is 42.1 Å². The molecule has 0 saturated heterocycles. The van der Waals surface area contributed by atoms with Gasteiger partial charge in [-0.2, -0.15) is 0 Å². The average molecular weight is 308 g/mol. The maximum atomic E-state index is 11.6. The fraction of sp³-hybridized carbons (Fsp3) is 0.350. The van der Waals surface area contributed by atoms with Crippen molar-refractivity contribution in [1.29, 1.82) is 0 Å². The second kappa shape index (κ2) is 7.42. The number of amides is 1. The first-order valence-corrected chi connectivity index (χ1v) is 8.43. The molecule has 0 saturated carbocycles. The first-order chi connectivity index (χ1) is 11.3. The van der Waals surface area contributed by atoms with Crippen molar-refractivity contribution in [3.05, 3.63) is 65.2 Å². The molecule has 0 bridgehead atoms. The van der Waals surface area contributed by atoms with Crippen LogP contribution in [0.25, 0.3) is 0 Å². The maximum Gasteiger partial charge on any atom is 0.228 e. The van der Waals surface area contributed by atoms with Gasteiger partial charge in [0, 0.05) is 18.8 Å². The first-order valence-electron chi connectivity index (χ1n) is 8.43. The zero-order chi connectivity index (χ0) is 16.1. The molecular formula is C20H24N2O. The molecule has 23 heavy (non-hydrogen) atoms. The van der Waals surface area contributed by atoms with Crippen molar-refractivity contribution >= 4 is 11.6 Å². The van der Waals surface area contributed by atoms with Crippen LogP contribution < -0.4 is 5.32 Å². The summed E-state index contributed by atoms with van der Waals surface area (Å²) in [6.45, 7) is 5.33. The van der Waals surface area contributed by atoms with Crippen LogP contribution in [-0.2, 0) is 24.2 Å². The Balaban J connectivity index is 1.66. The molecule has 0 aromatic heterocycles. The Kier molecular flexibility index (Phi) is 5.09. The summed E-state index contributed by atoms with van der Waals surface area (Å²) in [5, 5.41) is 2.94. The van der Waals surface area contributed by atoms with E-state index in [1.807, 2.05) is 12.1 Å². The van der Waals surface area contributed by atoms with Crippen LogP contribution in [0.2, 0.25) is 0 Å². The maximum absolute atomic E-state index is 11.6. The molecule has 1 aliphatic heterocycles. The molecule has 1 aliphatic rings.